The highest BCUT2D eigenvalue weighted by Gasteiger charge is 2.17. The number of nitriles is 1. The Morgan fingerprint density at radius 1 is 1.13 bits per heavy atom. The minimum atomic E-state index is 0.0842. The highest BCUT2D eigenvalue weighted by Crippen LogP contribution is 2.24. The molecule has 0 saturated heterocycles. The van der Waals surface area contributed by atoms with E-state index in [4.69, 9.17) is 10.2 Å². The van der Waals surface area contributed by atoms with Gasteiger partial charge in [0, 0.05) is 26.2 Å². The Balaban J connectivity index is 1.71. The van der Waals surface area contributed by atoms with Crippen LogP contribution in [0.3, 0.4) is 0 Å². The number of nitrogens with zero attached hydrogens (tertiary/aromatic N) is 5. The quantitative estimate of drug-likeness (QED) is 0.494. The van der Waals surface area contributed by atoms with Crippen molar-refractivity contribution < 1.29 is 4.79 Å². The Kier molecular flexibility index (Phi) is 7.50. The van der Waals surface area contributed by atoms with E-state index in [0.29, 0.717) is 24.4 Å². The molecule has 6 nitrogen and oxygen atoms in total. The van der Waals surface area contributed by atoms with Crippen molar-refractivity contribution in [3.63, 3.8) is 0 Å². The van der Waals surface area contributed by atoms with Gasteiger partial charge in [-0.1, -0.05) is 36.0 Å². The van der Waals surface area contributed by atoms with Crippen LogP contribution in [0.25, 0.3) is 11.0 Å². The van der Waals surface area contributed by atoms with Gasteiger partial charge in [0.05, 0.1) is 28.4 Å². The summed E-state index contributed by atoms with van der Waals surface area (Å²) in [6.07, 6.45) is 0. The average molecular weight is 422 g/mol. The molecule has 0 N–H and O–H groups in total. The number of hydrogen-bond acceptors (Lipinski definition) is 5. The summed E-state index contributed by atoms with van der Waals surface area (Å²) >= 11 is 1.49. The number of amides is 1. The van der Waals surface area contributed by atoms with Gasteiger partial charge < -0.3 is 14.4 Å². The summed E-state index contributed by atoms with van der Waals surface area (Å²) in [7, 11) is 4.01. The molecule has 0 atom stereocenters. The number of carbonyl (C=O) groups is 1. The third-order valence-corrected chi connectivity index (χ3v) is 5.85. The maximum atomic E-state index is 13.1. The predicted molar refractivity (Wildman–Crippen MR) is 121 cm³/mol. The van der Waals surface area contributed by atoms with E-state index in [1.54, 1.807) is 12.1 Å². The zero-order chi connectivity index (χ0) is 21.5. The van der Waals surface area contributed by atoms with Crippen molar-refractivity contribution in [3.05, 3.63) is 59.7 Å². The minimum absolute atomic E-state index is 0.0842. The van der Waals surface area contributed by atoms with Crippen LogP contribution in [0.4, 0.5) is 0 Å². The summed E-state index contributed by atoms with van der Waals surface area (Å²) in [4.78, 5) is 21.7. The molecule has 0 bridgehead atoms. The highest BCUT2D eigenvalue weighted by molar-refractivity contribution is 7.99. The van der Waals surface area contributed by atoms with Gasteiger partial charge in [-0.3, -0.25) is 4.79 Å². The lowest BCUT2D eigenvalue weighted by Gasteiger charge is -2.24. The van der Waals surface area contributed by atoms with Gasteiger partial charge in [-0.2, -0.15) is 5.26 Å². The number of thioether (sulfide) groups is 1. The topological polar surface area (TPSA) is 65.2 Å². The van der Waals surface area contributed by atoms with Crippen LogP contribution in [0.5, 0.6) is 0 Å². The zero-order valence-electron chi connectivity index (χ0n) is 17.7. The van der Waals surface area contributed by atoms with Crippen LogP contribution in [0.2, 0.25) is 0 Å². The number of aryl methyl sites for hydroxylation is 1. The van der Waals surface area contributed by atoms with E-state index in [1.165, 1.54) is 11.8 Å². The molecule has 0 aliphatic carbocycles. The van der Waals surface area contributed by atoms with Crippen LogP contribution in [0, 0.1) is 11.3 Å². The van der Waals surface area contributed by atoms with Crippen LogP contribution in [0.1, 0.15) is 18.1 Å². The van der Waals surface area contributed by atoms with Crippen molar-refractivity contribution in [2.45, 2.75) is 25.2 Å². The molecule has 1 aromatic heterocycles. The molecule has 0 aliphatic rings. The first-order valence-electron chi connectivity index (χ1n) is 10.0. The molecule has 0 spiro atoms. The second-order valence-corrected chi connectivity index (χ2v) is 8.29. The van der Waals surface area contributed by atoms with Crippen LogP contribution in [0.15, 0.2) is 53.7 Å². The Bertz CT molecular complexity index is 1040. The van der Waals surface area contributed by atoms with Gasteiger partial charge in [0.1, 0.15) is 0 Å². The number of likely N-dealkylation sites (N-methyl/N-ethyl adjacent to an activating group) is 1. The Hall–Kier alpha value is -2.82. The number of hydrogen-bond donors (Lipinski definition) is 0. The van der Waals surface area contributed by atoms with E-state index in [9.17, 15) is 4.79 Å². The van der Waals surface area contributed by atoms with Gasteiger partial charge in [0.2, 0.25) is 5.91 Å². The van der Waals surface area contributed by atoms with Crippen molar-refractivity contribution in [2.75, 3.05) is 32.9 Å². The fourth-order valence-electron chi connectivity index (χ4n) is 3.20. The minimum Gasteiger partial charge on any atom is -0.336 e. The third kappa shape index (κ3) is 5.41. The lowest BCUT2D eigenvalue weighted by molar-refractivity contribution is -0.129. The van der Waals surface area contributed by atoms with Gasteiger partial charge in [-0.25, -0.2) is 4.98 Å². The van der Waals surface area contributed by atoms with Gasteiger partial charge in [0.15, 0.2) is 5.16 Å². The first-order valence-corrected chi connectivity index (χ1v) is 11.0. The lowest BCUT2D eigenvalue weighted by Crippen LogP contribution is -2.37. The van der Waals surface area contributed by atoms with Gasteiger partial charge in [-0.15, -0.1) is 0 Å². The molecule has 0 radical (unpaired) electrons. The number of imidazole rings is 1. The summed E-state index contributed by atoms with van der Waals surface area (Å²) in [5.41, 5.74) is 3.69. The number of para-hydroxylation sites is 2. The molecular weight excluding hydrogens is 394 g/mol. The summed E-state index contributed by atoms with van der Waals surface area (Å²) < 4.78 is 2.15. The van der Waals surface area contributed by atoms with Crippen LogP contribution >= 0.6 is 11.8 Å². The molecule has 1 heterocycles. The molecule has 3 aromatic rings. The largest absolute Gasteiger partial charge is 0.336 e. The number of fused-ring (bicyclic) bond motifs is 1. The zero-order valence-corrected chi connectivity index (χ0v) is 18.5. The molecule has 2 aromatic carbocycles. The van der Waals surface area contributed by atoms with E-state index >= 15 is 0 Å². The molecule has 1 amide bonds. The second-order valence-electron chi connectivity index (χ2n) is 7.34. The first kappa shape index (κ1) is 21.9. The van der Waals surface area contributed by atoms with Crippen molar-refractivity contribution in [1.29, 1.82) is 5.26 Å². The molecule has 7 heteroatoms. The lowest BCUT2D eigenvalue weighted by atomic mass is 10.1. The fourth-order valence-corrected chi connectivity index (χ4v) is 4.19. The predicted octanol–water partition coefficient (Wildman–Crippen LogP) is 3.61. The summed E-state index contributed by atoms with van der Waals surface area (Å²) in [6.45, 7) is 4.88. The molecule has 3 rings (SSSR count). The fraction of sp³-hybridized carbons (Fsp3) is 0.348. The summed E-state index contributed by atoms with van der Waals surface area (Å²) in [5, 5.41) is 9.86. The average Bonchev–Trinajstić information content (AvgIpc) is 3.12. The Morgan fingerprint density at radius 2 is 1.87 bits per heavy atom. The standard InChI is InChI=1S/C23H27N5OS/c1-4-28-21-8-6-5-7-20(21)25-23(28)30-17-22(29)27(14-13-26(2)3)16-19-11-9-18(15-24)10-12-19/h5-12H,4,13-14,16-17H2,1-3H3. The molecule has 0 fully saturated rings. The number of benzene rings is 2. The number of rotatable bonds is 9. The van der Waals surface area contributed by atoms with E-state index in [-0.39, 0.29) is 5.91 Å². The van der Waals surface area contributed by atoms with Crippen molar-refractivity contribution in [1.82, 2.24) is 19.4 Å². The van der Waals surface area contributed by atoms with Crippen molar-refractivity contribution >= 4 is 28.7 Å². The maximum absolute atomic E-state index is 13.1. The highest BCUT2D eigenvalue weighted by atomic mass is 32.2. The third-order valence-electron chi connectivity index (χ3n) is 4.89. The Morgan fingerprint density at radius 3 is 2.53 bits per heavy atom. The normalized spacial score (nSPS) is 11.0. The van der Waals surface area contributed by atoms with Crippen LogP contribution < -0.4 is 0 Å². The Labute approximate surface area is 182 Å². The SMILES string of the molecule is CCn1c(SCC(=O)N(CCN(C)C)Cc2ccc(C#N)cc2)nc2ccccc21. The van der Waals surface area contributed by atoms with E-state index in [0.717, 1.165) is 34.8 Å². The van der Waals surface area contributed by atoms with Gasteiger partial charge in [0.25, 0.3) is 0 Å². The monoisotopic (exact) mass is 421 g/mol. The molecule has 0 unspecified atom stereocenters. The smallest absolute Gasteiger partial charge is 0.233 e. The molecule has 0 aliphatic heterocycles. The maximum Gasteiger partial charge on any atom is 0.233 e. The van der Waals surface area contributed by atoms with Gasteiger partial charge >= 0.3 is 0 Å². The molecule has 0 saturated carbocycles. The second kappa shape index (κ2) is 10.3. The van der Waals surface area contributed by atoms with E-state index in [1.807, 2.05) is 49.3 Å². The molecule has 156 valence electrons. The first-order chi connectivity index (χ1) is 14.5. The van der Waals surface area contributed by atoms with Crippen LogP contribution in [-0.2, 0) is 17.9 Å². The van der Waals surface area contributed by atoms with Gasteiger partial charge in [-0.05, 0) is 50.8 Å². The van der Waals surface area contributed by atoms with Crippen LogP contribution in [-0.4, -0.2) is 58.2 Å². The number of aromatic nitrogens is 2. The number of carbonyl (C=O) groups excluding carboxylic acids is 1. The van der Waals surface area contributed by atoms with E-state index < -0.39 is 0 Å². The van der Waals surface area contributed by atoms with Crippen molar-refractivity contribution in [2.24, 2.45) is 0 Å². The molecule has 30 heavy (non-hydrogen) atoms. The van der Waals surface area contributed by atoms with E-state index in [2.05, 4.69) is 28.5 Å². The molecular formula is C23H27N5OS. The summed E-state index contributed by atoms with van der Waals surface area (Å²) in [6, 6.07) is 17.6. The van der Waals surface area contributed by atoms with Crippen molar-refractivity contribution in [3.8, 4) is 6.07 Å². The summed E-state index contributed by atoms with van der Waals surface area (Å²) in [5.74, 6) is 0.424.